The first kappa shape index (κ1) is 21.2. The van der Waals surface area contributed by atoms with Crippen molar-refractivity contribution in [3.05, 3.63) is 78.4 Å². The van der Waals surface area contributed by atoms with E-state index in [0.29, 0.717) is 48.2 Å². The first-order valence-corrected chi connectivity index (χ1v) is 10.5. The van der Waals surface area contributed by atoms with Crippen LogP contribution in [-0.4, -0.2) is 43.0 Å². The molecule has 2 amide bonds. The first-order chi connectivity index (χ1) is 15.6. The molecule has 4 rings (SSSR count). The third-order valence-corrected chi connectivity index (χ3v) is 5.04. The molecule has 1 aliphatic heterocycles. The van der Waals surface area contributed by atoms with Gasteiger partial charge in [0.15, 0.2) is 11.5 Å². The fourth-order valence-corrected chi connectivity index (χ4v) is 3.45. The summed E-state index contributed by atoms with van der Waals surface area (Å²) < 4.78 is 11.1. The fraction of sp³-hybridized carbons (Fsp3) is 0.200. The Morgan fingerprint density at radius 2 is 1.59 bits per heavy atom. The lowest BCUT2D eigenvalue weighted by Crippen LogP contribution is -2.38. The standard InChI is InChI=1S/C25H25N3O4/c1-2-28(17-24(29)27-19-12-13-22-23(16-19)32-15-14-31-22)25(30)20-10-6-7-11-21(20)26-18-8-4-3-5-9-18/h3-13,16,26H,2,14-15,17H2,1H3,(H,27,29). The molecule has 0 fully saturated rings. The Morgan fingerprint density at radius 1 is 0.875 bits per heavy atom. The van der Waals surface area contributed by atoms with Crippen molar-refractivity contribution in [1.29, 1.82) is 0 Å². The molecule has 0 unspecified atom stereocenters. The molecule has 7 heteroatoms. The number of para-hydroxylation sites is 2. The van der Waals surface area contributed by atoms with E-state index in [9.17, 15) is 9.59 Å². The van der Waals surface area contributed by atoms with Crippen LogP contribution in [0, 0.1) is 0 Å². The Labute approximate surface area is 187 Å². The summed E-state index contributed by atoms with van der Waals surface area (Å²) in [6.07, 6.45) is 0. The molecule has 0 saturated carbocycles. The topological polar surface area (TPSA) is 79.9 Å². The van der Waals surface area contributed by atoms with Crippen LogP contribution in [0.15, 0.2) is 72.8 Å². The summed E-state index contributed by atoms with van der Waals surface area (Å²) in [5.74, 6) is 0.745. The summed E-state index contributed by atoms with van der Waals surface area (Å²) >= 11 is 0. The predicted molar refractivity (Wildman–Crippen MR) is 124 cm³/mol. The molecule has 3 aromatic rings. The Bertz CT molecular complexity index is 1100. The van der Waals surface area contributed by atoms with E-state index in [4.69, 9.17) is 9.47 Å². The van der Waals surface area contributed by atoms with E-state index in [1.807, 2.05) is 55.5 Å². The minimum Gasteiger partial charge on any atom is -0.486 e. The maximum absolute atomic E-state index is 13.2. The lowest BCUT2D eigenvalue weighted by molar-refractivity contribution is -0.116. The molecule has 0 bridgehead atoms. The number of ether oxygens (including phenoxy) is 2. The van der Waals surface area contributed by atoms with Crippen molar-refractivity contribution in [2.75, 3.05) is 36.9 Å². The molecule has 7 nitrogen and oxygen atoms in total. The van der Waals surface area contributed by atoms with Gasteiger partial charge >= 0.3 is 0 Å². The van der Waals surface area contributed by atoms with Crippen molar-refractivity contribution in [2.24, 2.45) is 0 Å². The Balaban J connectivity index is 1.45. The van der Waals surface area contributed by atoms with E-state index >= 15 is 0 Å². The highest BCUT2D eigenvalue weighted by molar-refractivity contribution is 6.03. The minimum absolute atomic E-state index is 0.0660. The molecule has 1 aliphatic rings. The molecule has 0 aromatic heterocycles. The van der Waals surface area contributed by atoms with Crippen LogP contribution in [-0.2, 0) is 4.79 Å². The zero-order chi connectivity index (χ0) is 22.3. The van der Waals surface area contributed by atoms with Crippen molar-refractivity contribution in [3.8, 4) is 11.5 Å². The van der Waals surface area contributed by atoms with Crippen LogP contribution in [0.3, 0.4) is 0 Å². The molecule has 0 saturated heterocycles. The zero-order valence-electron chi connectivity index (χ0n) is 17.8. The summed E-state index contributed by atoms with van der Waals surface area (Å²) in [5, 5.41) is 6.11. The number of likely N-dealkylation sites (N-methyl/N-ethyl adjacent to an activating group) is 1. The number of hydrogen-bond donors (Lipinski definition) is 2. The maximum Gasteiger partial charge on any atom is 0.256 e. The fourth-order valence-electron chi connectivity index (χ4n) is 3.45. The third kappa shape index (κ3) is 5.00. The molecule has 164 valence electrons. The van der Waals surface area contributed by atoms with E-state index < -0.39 is 0 Å². The highest BCUT2D eigenvalue weighted by Gasteiger charge is 2.21. The first-order valence-electron chi connectivity index (χ1n) is 10.5. The molecule has 0 atom stereocenters. The van der Waals surface area contributed by atoms with Crippen LogP contribution < -0.4 is 20.1 Å². The summed E-state index contributed by atoms with van der Waals surface area (Å²) in [4.78, 5) is 27.4. The molecule has 0 spiro atoms. The van der Waals surface area contributed by atoms with E-state index in [2.05, 4.69) is 10.6 Å². The smallest absolute Gasteiger partial charge is 0.256 e. The summed E-state index contributed by atoms with van der Waals surface area (Å²) in [6, 6.07) is 22.2. The highest BCUT2D eigenvalue weighted by Crippen LogP contribution is 2.32. The normalized spacial score (nSPS) is 12.0. The number of nitrogens with zero attached hydrogens (tertiary/aromatic N) is 1. The van der Waals surface area contributed by atoms with Gasteiger partial charge in [0, 0.05) is 24.0 Å². The van der Waals surface area contributed by atoms with Gasteiger partial charge in [-0.1, -0.05) is 30.3 Å². The van der Waals surface area contributed by atoms with Crippen LogP contribution in [0.4, 0.5) is 17.1 Å². The van der Waals surface area contributed by atoms with Gasteiger partial charge in [-0.05, 0) is 43.3 Å². The van der Waals surface area contributed by atoms with Crippen LogP contribution in [0.5, 0.6) is 11.5 Å². The number of fused-ring (bicyclic) bond motifs is 1. The molecule has 3 aromatic carbocycles. The molecule has 1 heterocycles. The molecule has 2 N–H and O–H groups in total. The van der Waals surface area contributed by atoms with Gasteiger partial charge in [0.1, 0.15) is 19.8 Å². The van der Waals surface area contributed by atoms with Crippen molar-refractivity contribution in [3.63, 3.8) is 0 Å². The average molecular weight is 431 g/mol. The Hall–Kier alpha value is -4.00. The number of amides is 2. The van der Waals surface area contributed by atoms with E-state index in [-0.39, 0.29) is 18.4 Å². The number of carbonyl (C=O) groups excluding carboxylic acids is 2. The SMILES string of the molecule is CCN(CC(=O)Nc1ccc2c(c1)OCCO2)C(=O)c1ccccc1Nc1ccccc1. The lowest BCUT2D eigenvalue weighted by atomic mass is 10.1. The molecule has 0 radical (unpaired) electrons. The molecule has 32 heavy (non-hydrogen) atoms. The van der Waals surface area contributed by atoms with E-state index in [1.165, 1.54) is 4.90 Å². The second-order valence-electron chi connectivity index (χ2n) is 7.26. The minimum atomic E-state index is -0.287. The van der Waals surface area contributed by atoms with Crippen LogP contribution in [0.25, 0.3) is 0 Å². The van der Waals surface area contributed by atoms with Gasteiger partial charge < -0.3 is 25.0 Å². The van der Waals surface area contributed by atoms with Gasteiger partial charge in [0.2, 0.25) is 5.91 Å². The lowest BCUT2D eigenvalue weighted by Gasteiger charge is -2.23. The Morgan fingerprint density at radius 3 is 2.38 bits per heavy atom. The number of carbonyl (C=O) groups is 2. The van der Waals surface area contributed by atoms with Gasteiger partial charge in [0.05, 0.1) is 11.3 Å². The third-order valence-electron chi connectivity index (χ3n) is 5.04. The molecule has 0 aliphatic carbocycles. The van der Waals surface area contributed by atoms with Gasteiger partial charge in [-0.3, -0.25) is 9.59 Å². The monoisotopic (exact) mass is 431 g/mol. The number of nitrogens with one attached hydrogen (secondary N) is 2. The van der Waals surface area contributed by atoms with Crippen molar-refractivity contribution < 1.29 is 19.1 Å². The van der Waals surface area contributed by atoms with Crippen molar-refractivity contribution in [2.45, 2.75) is 6.92 Å². The molecular weight excluding hydrogens is 406 g/mol. The van der Waals surface area contributed by atoms with Crippen LogP contribution in [0.1, 0.15) is 17.3 Å². The summed E-state index contributed by atoms with van der Waals surface area (Å²) in [7, 11) is 0. The van der Waals surface area contributed by atoms with Gasteiger partial charge in [-0.25, -0.2) is 0 Å². The average Bonchev–Trinajstić information content (AvgIpc) is 2.83. The van der Waals surface area contributed by atoms with E-state index in [1.54, 1.807) is 24.3 Å². The number of rotatable bonds is 7. The van der Waals surface area contributed by atoms with Gasteiger partial charge in [0.25, 0.3) is 5.91 Å². The summed E-state index contributed by atoms with van der Waals surface area (Å²) in [6.45, 7) is 3.16. The van der Waals surface area contributed by atoms with Crippen LogP contribution in [0.2, 0.25) is 0 Å². The van der Waals surface area contributed by atoms with Crippen LogP contribution >= 0.6 is 0 Å². The number of anilines is 3. The number of hydrogen-bond acceptors (Lipinski definition) is 5. The second-order valence-corrected chi connectivity index (χ2v) is 7.26. The van der Waals surface area contributed by atoms with Gasteiger partial charge in [-0.15, -0.1) is 0 Å². The quantitative estimate of drug-likeness (QED) is 0.583. The maximum atomic E-state index is 13.2. The van der Waals surface area contributed by atoms with Gasteiger partial charge in [-0.2, -0.15) is 0 Å². The summed E-state index contributed by atoms with van der Waals surface area (Å²) in [5.41, 5.74) is 2.67. The largest absolute Gasteiger partial charge is 0.486 e. The predicted octanol–water partition coefficient (Wildman–Crippen LogP) is 4.30. The molecular formula is C25H25N3O4. The number of benzene rings is 3. The zero-order valence-corrected chi connectivity index (χ0v) is 17.8. The van der Waals surface area contributed by atoms with Crippen molar-refractivity contribution in [1.82, 2.24) is 4.90 Å². The van der Waals surface area contributed by atoms with E-state index in [0.717, 1.165) is 5.69 Å². The Kier molecular flexibility index (Phi) is 6.55. The second kappa shape index (κ2) is 9.87. The highest BCUT2D eigenvalue weighted by atomic mass is 16.6. The van der Waals surface area contributed by atoms with Crippen molar-refractivity contribution >= 4 is 28.9 Å².